The molecule has 3 heterocycles. The highest BCUT2D eigenvalue weighted by Gasteiger charge is 2.33. The molecule has 0 bridgehead atoms. The molecule has 0 saturated heterocycles. The SMILES string of the molecule is COc1ccc(C2=C(Nc3cnncn3)Cc3c(-c4ccccc4)c(-c4ccccc4)nn3C2=O)cc1. The van der Waals surface area contributed by atoms with Gasteiger partial charge in [-0.3, -0.25) is 4.79 Å². The average molecular weight is 487 g/mol. The second-order valence-corrected chi connectivity index (χ2v) is 8.49. The van der Waals surface area contributed by atoms with Crippen LogP contribution in [0.5, 0.6) is 5.75 Å². The van der Waals surface area contributed by atoms with Gasteiger partial charge in [-0.2, -0.15) is 14.9 Å². The number of rotatable bonds is 6. The van der Waals surface area contributed by atoms with E-state index in [1.54, 1.807) is 7.11 Å². The number of nitrogens with zero attached hydrogens (tertiary/aromatic N) is 5. The van der Waals surface area contributed by atoms with Crippen molar-refractivity contribution in [1.29, 1.82) is 0 Å². The fourth-order valence-electron chi connectivity index (χ4n) is 4.60. The fourth-order valence-corrected chi connectivity index (χ4v) is 4.60. The number of nitrogens with one attached hydrogen (secondary N) is 1. The van der Waals surface area contributed by atoms with Gasteiger partial charge in [0.2, 0.25) is 0 Å². The van der Waals surface area contributed by atoms with Gasteiger partial charge in [0.1, 0.15) is 17.8 Å². The van der Waals surface area contributed by atoms with Crippen LogP contribution < -0.4 is 10.1 Å². The number of carbonyl (C=O) groups excluding carboxylic acids is 1. The molecular weight excluding hydrogens is 464 g/mol. The van der Waals surface area contributed by atoms with Crippen LogP contribution in [0.25, 0.3) is 28.0 Å². The molecule has 0 unspecified atom stereocenters. The number of aromatic nitrogens is 5. The average Bonchev–Trinajstić information content (AvgIpc) is 3.35. The highest BCUT2D eigenvalue weighted by molar-refractivity contribution is 6.23. The number of allylic oxidation sites excluding steroid dienone is 2. The van der Waals surface area contributed by atoms with Gasteiger partial charge in [-0.15, -0.1) is 5.10 Å². The van der Waals surface area contributed by atoms with E-state index >= 15 is 0 Å². The lowest BCUT2D eigenvalue weighted by atomic mass is 9.92. The van der Waals surface area contributed by atoms with Crippen LogP contribution in [0.2, 0.25) is 0 Å². The standard InChI is InChI=1S/C29H22N6O2/c1-37-22-14-12-20(13-15-22)26-23(33-25-17-31-32-18-30-25)16-24-27(19-8-4-2-5-9-19)28(34-35(24)29(26)36)21-10-6-3-7-11-21/h2-15,17-18H,16H2,1H3,(H,30,32,33). The van der Waals surface area contributed by atoms with Crippen LogP contribution in [0.3, 0.4) is 0 Å². The highest BCUT2D eigenvalue weighted by atomic mass is 16.5. The van der Waals surface area contributed by atoms with E-state index in [1.807, 2.05) is 84.9 Å². The Bertz CT molecular complexity index is 1600. The zero-order valence-electron chi connectivity index (χ0n) is 20.0. The lowest BCUT2D eigenvalue weighted by molar-refractivity contribution is 0.0958. The van der Waals surface area contributed by atoms with E-state index in [4.69, 9.17) is 9.84 Å². The molecule has 0 fully saturated rings. The zero-order chi connectivity index (χ0) is 25.2. The number of methoxy groups -OCH3 is 1. The Labute approximate surface area is 213 Å². The summed E-state index contributed by atoms with van der Waals surface area (Å²) in [5, 5.41) is 15.9. The van der Waals surface area contributed by atoms with E-state index in [9.17, 15) is 4.79 Å². The Balaban J connectivity index is 1.56. The van der Waals surface area contributed by atoms with E-state index in [-0.39, 0.29) is 5.91 Å². The van der Waals surface area contributed by atoms with Gasteiger partial charge in [-0.1, -0.05) is 72.8 Å². The number of ether oxygens (including phenoxy) is 1. The summed E-state index contributed by atoms with van der Waals surface area (Å²) in [6, 6.07) is 27.4. The third-order valence-electron chi connectivity index (χ3n) is 6.30. The third-order valence-corrected chi connectivity index (χ3v) is 6.30. The Kier molecular flexibility index (Phi) is 5.74. The summed E-state index contributed by atoms with van der Waals surface area (Å²) in [6.07, 6.45) is 3.33. The van der Waals surface area contributed by atoms with Crippen LogP contribution in [-0.4, -0.2) is 38.0 Å². The minimum atomic E-state index is -0.227. The number of carbonyl (C=O) groups is 1. The van der Waals surface area contributed by atoms with Gasteiger partial charge in [0.05, 0.1) is 24.6 Å². The number of hydrogen-bond donors (Lipinski definition) is 1. The molecule has 1 aliphatic heterocycles. The van der Waals surface area contributed by atoms with Crippen molar-refractivity contribution in [3.05, 3.63) is 114 Å². The summed E-state index contributed by atoms with van der Waals surface area (Å²) >= 11 is 0. The van der Waals surface area contributed by atoms with Crippen molar-refractivity contribution in [3.63, 3.8) is 0 Å². The summed E-state index contributed by atoms with van der Waals surface area (Å²) < 4.78 is 6.86. The third kappa shape index (κ3) is 4.14. The van der Waals surface area contributed by atoms with Crippen LogP contribution in [0.4, 0.5) is 5.82 Å². The Morgan fingerprint density at radius 2 is 1.54 bits per heavy atom. The number of fused-ring (bicyclic) bond motifs is 1. The monoisotopic (exact) mass is 486 g/mol. The molecule has 1 aliphatic rings. The first kappa shape index (κ1) is 22.4. The molecule has 8 heteroatoms. The molecule has 8 nitrogen and oxygen atoms in total. The first-order chi connectivity index (χ1) is 18.2. The molecule has 0 saturated carbocycles. The quantitative estimate of drug-likeness (QED) is 0.355. The van der Waals surface area contributed by atoms with Crippen molar-refractivity contribution in [2.75, 3.05) is 12.4 Å². The van der Waals surface area contributed by atoms with Crippen molar-refractivity contribution in [3.8, 4) is 28.1 Å². The minimum absolute atomic E-state index is 0.227. The molecule has 6 rings (SSSR count). The number of anilines is 1. The molecule has 1 N–H and O–H groups in total. The predicted molar refractivity (Wildman–Crippen MR) is 141 cm³/mol. The van der Waals surface area contributed by atoms with Crippen molar-refractivity contribution in [2.24, 2.45) is 0 Å². The minimum Gasteiger partial charge on any atom is -0.497 e. The first-order valence-electron chi connectivity index (χ1n) is 11.8. The summed E-state index contributed by atoms with van der Waals surface area (Å²) in [7, 11) is 1.61. The lowest BCUT2D eigenvalue weighted by Gasteiger charge is -2.23. The Hall–Kier alpha value is -5.11. The second-order valence-electron chi connectivity index (χ2n) is 8.49. The fraction of sp³-hybridized carbons (Fsp3) is 0.0690. The van der Waals surface area contributed by atoms with Crippen LogP contribution in [0.1, 0.15) is 16.1 Å². The lowest BCUT2D eigenvalue weighted by Crippen LogP contribution is -2.26. The molecule has 5 aromatic rings. The maximum atomic E-state index is 14.1. The predicted octanol–water partition coefficient (Wildman–Crippen LogP) is 5.13. The molecule has 180 valence electrons. The van der Waals surface area contributed by atoms with Crippen molar-refractivity contribution < 1.29 is 9.53 Å². The van der Waals surface area contributed by atoms with E-state index < -0.39 is 0 Å². The van der Waals surface area contributed by atoms with Crippen LogP contribution in [-0.2, 0) is 6.42 Å². The van der Waals surface area contributed by atoms with Gasteiger partial charge in [-0.05, 0) is 23.3 Å². The molecule has 0 radical (unpaired) electrons. The molecule has 37 heavy (non-hydrogen) atoms. The smallest absolute Gasteiger partial charge is 0.280 e. The van der Waals surface area contributed by atoms with E-state index in [2.05, 4.69) is 20.5 Å². The molecule has 3 aromatic carbocycles. The second kappa shape index (κ2) is 9.50. The maximum Gasteiger partial charge on any atom is 0.280 e. The number of benzene rings is 3. The van der Waals surface area contributed by atoms with E-state index in [0.717, 1.165) is 33.6 Å². The maximum absolute atomic E-state index is 14.1. The largest absolute Gasteiger partial charge is 0.497 e. The Morgan fingerprint density at radius 1 is 0.838 bits per heavy atom. The van der Waals surface area contributed by atoms with Gasteiger partial charge >= 0.3 is 0 Å². The van der Waals surface area contributed by atoms with Gasteiger partial charge in [-0.25, -0.2) is 4.98 Å². The summed E-state index contributed by atoms with van der Waals surface area (Å²) in [6.45, 7) is 0. The summed E-state index contributed by atoms with van der Waals surface area (Å²) in [4.78, 5) is 18.4. The van der Waals surface area contributed by atoms with Gasteiger partial charge in [0.15, 0.2) is 5.82 Å². The topological polar surface area (TPSA) is 94.8 Å². The molecule has 0 amide bonds. The number of hydrogen-bond acceptors (Lipinski definition) is 7. The van der Waals surface area contributed by atoms with Crippen LogP contribution >= 0.6 is 0 Å². The molecule has 0 aliphatic carbocycles. The molecule has 0 spiro atoms. The highest BCUT2D eigenvalue weighted by Crippen LogP contribution is 2.40. The van der Waals surface area contributed by atoms with Crippen molar-refractivity contribution >= 4 is 17.3 Å². The summed E-state index contributed by atoms with van der Waals surface area (Å²) in [5.74, 6) is 0.983. The van der Waals surface area contributed by atoms with Gasteiger partial charge in [0.25, 0.3) is 5.91 Å². The van der Waals surface area contributed by atoms with Crippen molar-refractivity contribution in [1.82, 2.24) is 25.0 Å². The van der Waals surface area contributed by atoms with Crippen molar-refractivity contribution in [2.45, 2.75) is 6.42 Å². The van der Waals surface area contributed by atoms with Gasteiger partial charge in [0, 0.05) is 23.2 Å². The van der Waals surface area contributed by atoms with Crippen LogP contribution in [0.15, 0.2) is 103 Å². The van der Waals surface area contributed by atoms with E-state index in [0.29, 0.717) is 29.3 Å². The zero-order valence-corrected chi connectivity index (χ0v) is 20.0. The molecule has 2 aromatic heterocycles. The molecule has 0 atom stereocenters. The van der Waals surface area contributed by atoms with Crippen LogP contribution in [0, 0.1) is 0 Å². The first-order valence-corrected chi connectivity index (χ1v) is 11.8. The summed E-state index contributed by atoms with van der Waals surface area (Å²) in [5.41, 5.74) is 6.39. The van der Waals surface area contributed by atoms with Gasteiger partial charge < -0.3 is 10.1 Å². The van der Waals surface area contributed by atoms with E-state index in [1.165, 1.54) is 17.2 Å². The molecular formula is C29H22N6O2. The Morgan fingerprint density at radius 3 is 2.19 bits per heavy atom. The normalized spacial score (nSPS) is 12.8.